The van der Waals surface area contributed by atoms with E-state index >= 15 is 0 Å². The second-order valence-electron chi connectivity index (χ2n) is 3.75. The van der Waals surface area contributed by atoms with Crippen molar-refractivity contribution in [2.45, 2.75) is 20.0 Å². The van der Waals surface area contributed by atoms with E-state index in [1.807, 2.05) is 0 Å². The summed E-state index contributed by atoms with van der Waals surface area (Å²) in [6, 6.07) is 5.65. The Hall–Kier alpha value is -1.84. The van der Waals surface area contributed by atoms with Crippen molar-refractivity contribution in [2.24, 2.45) is 0 Å². The SMILES string of the molecule is CC(C)OC(=O)c1cc2ccc(F)cc2o1. The van der Waals surface area contributed by atoms with Gasteiger partial charge >= 0.3 is 5.97 Å². The Morgan fingerprint density at radius 2 is 2.12 bits per heavy atom. The number of carbonyl (C=O) groups is 1. The monoisotopic (exact) mass is 222 g/mol. The zero-order valence-corrected chi connectivity index (χ0v) is 8.99. The van der Waals surface area contributed by atoms with Gasteiger partial charge in [0.2, 0.25) is 5.76 Å². The molecule has 0 spiro atoms. The zero-order valence-electron chi connectivity index (χ0n) is 8.99. The molecule has 3 nitrogen and oxygen atoms in total. The molecule has 0 bridgehead atoms. The van der Waals surface area contributed by atoms with E-state index in [0.717, 1.165) is 0 Å². The summed E-state index contributed by atoms with van der Waals surface area (Å²) in [5, 5.41) is 0.678. The quantitative estimate of drug-likeness (QED) is 0.733. The summed E-state index contributed by atoms with van der Waals surface area (Å²) in [5.74, 6) is -0.841. The number of hydrogen-bond donors (Lipinski definition) is 0. The van der Waals surface area contributed by atoms with Gasteiger partial charge in [-0.05, 0) is 32.0 Å². The molecule has 0 atom stereocenters. The topological polar surface area (TPSA) is 39.4 Å². The molecule has 2 aromatic rings. The standard InChI is InChI=1S/C12H11FO3/c1-7(2)15-12(14)11-5-8-3-4-9(13)6-10(8)16-11/h3-7H,1-2H3. The van der Waals surface area contributed by atoms with Crippen molar-refractivity contribution < 1.29 is 18.3 Å². The van der Waals surface area contributed by atoms with Crippen molar-refractivity contribution in [3.8, 4) is 0 Å². The fraction of sp³-hybridized carbons (Fsp3) is 0.250. The normalized spacial score (nSPS) is 11.0. The van der Waals surface area contributed by atoms with Gasteiger partial charge in [0.05, 0.1) is 6.10 Å². The molecule has 1 aromatic carbocycles. The summed E-state index contributed by atoms with van der Waals surface area (Å²) < 4.78 is 23.0. The van der Waals surface area contributed by atoms with E-state index in [4.69, 9.17) is 9.15 Å². The summed E-state index contributed by atoms with van der Waals surface area (Å²) in [4.78, 5) is 11.5. The van der Waals surface area contributed by atoms with E-state index in [1.165, 1.54) is 12.1 Å². The van der Waals surface area contributed by atoms with E-state index in [2.05, 4.69) is 0 Å². The number of halogens is 1. The van der Waals surface area contributed by atoms with Crippen LogP contribution in [0.3, 0.4) is 0 Å². The fourth-order valence-corrected chi connectivity index (χ4v) is 1.38. The highest BCUT2D eigenvalue weighted by Crippen LogP contribution is 2.21. The lowest BCUT2D eigenvalue weighted by atomic mass is 10.2. The summed E-state index contributed by atoms with van der Waals surface area (Å²) in [7, 11) is 0. The van der Waals surface area contributed by atoms with Crippen LogP contribution in [0, 0.1) is 5.82 Å². The van der Waals surface area contributed by atoms with Gasteiger partial charge in [0.1, 0.15) is 11.4 Å². The zero-order chi connectivity index (χ0) is 11.7. The van der Waals surface area contributed by atoms with Crippen molar-refractivity contribution in [2.75, 3.05) is 0 Å². The van der Waals surface area contributed by atoms with Gasteiger partial charge in [0, 0.05) is 11.5 Å². The number of rotatable bonds is 2. The third kappa shape index (κ3) is 2.05. The smallest absolute Gasteiger partial charge is 0.374 e. The Kier molecular flexibility index (Phi) is 2.64. The molecule has 0 N–H and O–H groups in total. The fourth-order valence-electron chi connectivity index (χ4n) is 1.38. The Morgan fingerprint density at radius 3 is 2.81 bits per heavy atom. The number of esters is 1. The number of hydrogen-bond acceptors (Lipinski definition) is 3. The van der Waals surface area contributed by atoms with Gasteiger partial charge in [-0.1, -0.05) is 0 Å². The van der Waals surface area contributed by atoms with Crippen LogP contribution >= 0.6 is 0 Å². The summed E-state index contributed by atoms with van der Waals surface area (Å²) in [6.07, 6.45) is -0.211. The van der Waals surface area contributed by atoms with Crippen LogP contribution in [0.4, 0.5) is 4.39 Å². The van der Waals surface area contributed by atoms with Gasteiger partial charge in [0.15, 0.2) is 0 Å². The van der Waals surface area contributed by atoms with Crippen molar-refractivity contribution in [1.82, 2.24) is 0 Å². The molecular weight excluding hydrogens is 211 g/mol. The predicted octanol–water partition coefficient (Wildman–Crippen LogP) is 3.14. The maximum Gasteiger partial charge on any atom is 0.374 e. The van der Waals surface area contributed by atoms with Crippen LogP contribution in [-0.4, -0.2) is 12.1 Å². The van der Waals surface area contributed by atoms with E-state index < -0.39 is 11.8 Å². The molecule has 4 heteroatoms. The molecule has 16 heavy (non-hydrogen) atoms. The van der Waals surface area contributed by atoms with Crippen molar-refractivity contribution in [3.63, 3.8) is 0 Å². The number of furan rings is 1. The second kappa shape index (κ2) is 3.96. The van der Waals surface area contributed by atoms with Crippen molar-refractivity contribution in [3.05, 3.63) is 35.8 Å². The number of ether oxygens (including phenoxy) is 1. The van der Waals surface area contributed by atoms with Gasteiger partial charge in [-0.2, -0.15) is 0 Å². The first kappa shape index (κ1) is 10.7. The summed E-state index contributed by atoms with van der Waals surface area (Å²) in [6.45, 7) is 3.50. The molecule has 0 aliphatic carbocycles. The van der Waals surface area contributed by atoms with Crippen LogP contribution in [-0.2, 0) is 4.74 Å². The van der Waals surface area contributed by atoms with Gasteiger partial charge < -0.3 is 9.15 Å². The molecule has 0 amide bonds. The first-order chi connectivity index (χ1) is 7.56. The molecule has 2 rings (SSSR count). The number of fused-ring (bicyclic) bond motifs is 1. The van der Waals surface area contributed by atoms with E-state index in [0.29, 0.717) is 11.0 Å². The minimum absolute atomic E-state index is 0.0919. The van der Waals surface area contributed by atoms with Crippen LogP contribution in [0.25, 0.3) is 11.0 Å². The number of benzene rings is 1. The maximum atomic E-state index is 12.9. The lowest BCUT2D eigenvalue weighted by molar-refractivity contribution is 0.0344. The largest absolute Gasteiger partial charge is 0.457 e. The Bertz CT molecular complexity index is 528. The minimum Gasteiger partial charge on any atom is -0.457 e. The highest BCUT2D eigenvalue weighted by Gasteiger charge is 2.15. The predicted molar refractivity (Wildman–Crippen MR) is 56.7 cm³/mol. The van der Waals surface area contributed by atoms with Crippen LogP contribution in [0.15, 0.2) is 28.7 Å². The second-order valence-corrected chi connectivity index (χ2v) is 3.75. The van der Waals surface area contributed by atoms with Gasteiger partial charge in [-0.3, -0.25) is 0 Å². The molecule has 1 aromatic heterocycles. The van der Waals surface area contributed by atoms with E-state index in [1.54, 1.807) is 26.0 Å². The third-order valence-corrected chi connectivity index (χ3v) is 2.03. The first-order valence-corrected chi connectivity index (χ1v) is 4.96. The Balaban J connectivity index is 2.36. The van der Waals surface area contributed by atoms with Crippen molar-refractivity contribution >= 4 is 16.9 Å². The van der Waals surface area contributed by atoms with Crippen LogP contribution < -0.4 is 0 Å². The van der Waals surface area contributed by atoms with Crippen LogP contribution in [0.5, 0.6) is 0 Å². The lowest BCUT2D eigenvalue weighted by Gasteiger charge is -2.04. The molecule has 0 saturated carbocycles. The summed E-state index contributed by atoms with van der Waals surface area (Å²) >= 11 is 0. The lowest BCUT2D eigenvalue weighted by Crippen LogP contribution is -2.10. The van der Waals surface area contributed by atoms with E-state index in [9.17, 15) is 9.18 Å². The number of carbonyl (C=O) groups excluding carboxylic acids is 1. The van der Waals surface area contributed by atoms with Crippen molar-refractivity contribution in [1.29, 1.82) is 0 Å². The maximum absolute atomic E-state index is 12.9. The average molecular weight is 222 g/mol. The summed E-state index contributed by atoms with van der Waals surface area (Å²) in [5.41, 5.74) is 0.343. The van der Waals surface area contributed by atoms with E-state index in [-0.39, 0.29) is 11.9 Å². The van der Waals surface area contributed by atoms with Crippen LogP contribution in [0.1, 0.15) is 24.4 Å². The first-order valence-electron chi connectivity index (χ1n) is 4.96. The molecule has 0 unspecified atom stereocenters. The Morgan fingerprint density at radius 1 is 1.38 bits per heavy atom. The third-order valence-electron chi connectivity index (χ3n) is 2.03. The molecule has 84 valence electrons. The highest BCUT2D eigenvalue weighted by molar-refractivity contribution is 5.92. The molecular formula is C12H11FO3. The molecule has 0 radical (unpaired) electrons. The van der Waals surface area contributed by atoms with Crippen LogP contribution in [0.2, 0.25) is 0 Å². The van der Waals surface area contributed by atoms with Gasteiger partial charge in [-0.25, -0.2) is 9.18 Å². The Labute approximate surface area is 91.8 Å². The molecule has 0 aliphatic heterocycles. The highest BCUT2D eigenvalue weighted by atomic mass is 19.1. The minimum atomic E-state index is -0.536. The molecule has 1 heterocycles. The van der Waals surface area contributed by atoms with Gasteiger partial charge in [0.25, 0.3) is 0 Å². The average Bonchev–Trinajstić information content (AvgIpc) is 2.59. The molecule has 0 saturated heterocycles. The van der Waals surface area contributed by atoms with Gasteiger partial charge in [-0.15, -0.1) is 0 Å². The molecule has 0 fully saturated rings. The molecule has 0 aliphatic rings.